The van der Waals surface area contributed by atoms with E-state index in [9.17, 15) is 4.79 Å². The molecule has 5 rings (SSSR count). The van der Waals surface area contributed by atoms with Gasteiger partial charge in [0.15, 0.2) is 0 Å². The second-order valence-corrected chi connectivity index (χ2v) is 9.74. The lowest BCUT2D eigenvalue weighted by atomic mass is 10.2. The molecule has 158 valence electrons. The molecule has 1 aromatic carbocycles. The van der Waals surface area contributed by atoms with Crippen molar-refractivity contribution < 1.29 is 4.79 Å². The number of pyridine rings is 1. The van der Waals surface area contributed by atoms with E-state index in [0.717, 1.165) is 60.3 Å². The highest BCUT2D eigenvalue weighted by atomic mass is 32.2. The molecule has 5 nitrogen and oxygen atoms in total. The number of aromatic nitrogens is 2. The molecule has 3 aromatic heterocycles. The Hall–Kier alpha value is -2.61. The number of carbonyl (C=O) groups excluding carboxylic acids is 1. The first kappa shape index (κ1) is 20.3. The highest BCUT2D eigenvalue weighted by Crippen LogP contribution is 2.24. The first-order valence-corrected chi connectivity index (χ1v) is 12.3. The normalized spacial score (nSPS) is 14.9. The summed E-state index contributed by atoms with van der Waals surface area (Å²) >= 11 is 3.54. The fourth-order valence-corrected chi connectivity index (χ4v) is 5.35. The van der Waals surface area contributed by atoms with Crippen LogP contribution in [-0.4, -0.2) is 51.3 Å². The SMILES string of the molecule is O=C(c1ccc(SCc2cn3ccccc3n2)cc1)N1CCN(Cc2cccs2)CC1. The number of nitrogens with zero attached hydrogens (tertiary/aromatic N) is 4. The third-order valence-electron chi connectivity index (χ3n) is 5.52. The van der Waals surface area contributed by atoms with E-state index in [-0.39, 0.29) is 5.91 Å². The summed E-state index contributed by atoms with van der Waals surface area (Å²) in [6, 6.07) is 18.3. The van der Waals surface area contributed by atoms with Crippen molar-refractivity contribution >= 4 is 34.7 Å². The number of imidazole rings is 1. The Morgan fingerprint density at radius 3 is 2.58 bits per heavy atom. The van der Waals surface area contributed by atoms with Crippen molar-refractivity contribution in [1.29, 1.82) is 0 Å². The summed E-state index contributed by atoms with van der Waals surface area (Å²) in [5, 5.41) is 2.12. The number of rotatable bonds is 6. The molecule has 4 aromatic rings. The Kier molecular flexibility index (Phi) is 6.06. The summed E-state index contributed by atoms with van der Waals surface area (Å²) in [4.78, 5) is 24.5. The van der Waals surface area contributed by atoms with Gasteiger partial charge in [0.05, 0.1) is 5.69 Å². The van der Waals surface area contributed by atoms with E-state index in [1.54, 1.807) is 23.1 Å². The summed E-state index contributed by atoms with van der Waals surface area (Å²) < 4.78 is 2.04. The van der Waals surface area contributed by atoms with Crippen LogP contribution in [0.1, 0.15) is 20.9 Å². The van der Waals surface area contributed by atoms with Crippen molar-refractivity contribution in [2.75, 3.05) is 26.2 Å². The molecule has 4 heterocycles. The second-order valence-electron chi connectivity index (χ2n) is 7.66. The number of carbonyl (C=O) groups is 1. The largest absolute Gasteiger partial charge is 0.336 e. The molecule has 1 saturated heterocycles. The standard InChI is InChI=1S/C24H24N4OS2/c29-24(27-13-11-26(12-14-27)17-22-4-3-15-30-22)19-6-8-21(9-7-19)31-18-20-16-28-10-2-1-5-23(28)25-20/h1-10,15-16H,11-14,17-18H2. The van der Waals surface area contributed by atoms with Gasteiger partial charge in [0.25, 0.3) is 5.91 Å². The monoisotopic (exact) mass is 448 g/mol. The van der Waals surface area contributed by atoms with Crippen LogP contribution in [0.15, 0.2) is 77.3 Å². The van der Waals surface area contributed by atoms with Gasteiger partial charge in [0.2, 0.25) is 0 Å². The Bertz CT molecular complexity index is 1110. The third-order valence-corrected chi connectivity index (χ3v) is 7.43. The second kappa shape index (κ2) is 9.26. The lowest BCUT2D eigenvalue weighted by Crippen LogP contribution is -2.48. The van der Waals surface area contributed by atoms with E-state index in [1.807, 2.05) is 58.0 Å². The maximum atomic E-state index is 12.9. The lowest BCUT2D eigenvalue weighted by molar-refractivity contribution is 0.0629. The van der Waals surface area contributed by atoms with Crippen molar-refractivity contribution in [3.05, 3.63) is 88.5 Å². The number of fused-ring (bicyclic) bond motifs is 1. The molecule has 0 bridgehead atoms. The van der Waals surface area contributed by atoms with Crippen LogP contribution >= 0.6 is 23.1 Å². The van der Waals surface area contributed by atoms with Gasteiger partial charge in [-0.2, -0.15) is 0 Å². The van der Waals surface area contributed by atoms with Crippen molar-refractivity contribution in [3.63, 3.8) is 0 Å². The molecule has 31 heavy (non-hydrogen) atoms. The number of piperazine rings is 1. The average molecular weight is 449 g/mol. The minimum atomic E-state index is 0.132. The molecule has 0 spiro atoms. The van der Waals surface area contributed by atoms with E-state index in [0.29, 0.717) is 0 Å². The summed E-state index contributed by atoms with van der Waals surface area (Å²) in [7, 11) is 0. The van der Waals surface area contributed by atoms with Gasteiger partial charge in [-0.1, -0.05) is 12.1 Å². The molecule has 1 amide bonds. The van der Waals surface area contributed by atoms with Gasteiger partial charge in [0.1, 0.15) is 5.65 Å². The summed E-state index contributed by atoms with van der Waals surface area (Å²) in [6.45, 7) is 4.41. The van der Waals surface area contributed by atoms with Gasteiger partial charge < -0.3 is 9.30 Å². The van der Waals surface area contributed by atoms with E-state index in [1.165, 1.54) is 4.88 Å². The molecule has 1 aliphatic rings. The molecule has 0 N–H and O–H groups in total. The predicted molar refractivity (Wildman–Crippen MR) is 127 cm³/mol. The van der Waals surface area contributed by atoms with E-state index >= 15 is 0 Å². The molecular formula is C24H24N4OS2. The van der Waals surface area contributed by atoms with Gasteiger partial charge in [-0.05, 0) is 47.8 Å². The van der Waals surface area contributed by atoms with Gasteiger partial charge in [-0.25, -0.2) is 4.98 Å². The zero-order valence-corrected chi connectivity index (χ0v) is 18.8. The van der Waals surface area contributed by atoms with Crippen LogP contribution in [0, 0.1) is 0 Å². The number of amides is 1. The lowest BCUT2D eigenvalue weighted by Gasteiger charge is -2.34. The van der Waals surface area contributed by atoms with E-state index in [2.05, 4.69) is 33.6 Å². The minimum absolute atomic E-state index is 0.132. The summed E-state index contributed by atoms with van der Waals surface area (Å²) in [5.41, 5.74) is 2.79. The summed E-state index contributed by atoms with van der Waals surface area (Å²) in [6.07, 6.45) is 4.08. The highest BCUT2D eigenvalue weighted by Gasteiger charge is 2.22. The number of hydrogen-bond donors (Lipinski definition) is 0. The summed E-state index contributed by atoms with van der Waals surface area (Å²) in [5.74, 6) is 0.939. The molecule has 0 saturated carbocycles. The van der Waals surface area contributed by atoms with Gasteiger partial charge in [-0.3, -0.25) is 9.69 Å². The van der Waals surface area contributed by atoms with Gasteiger partial charge in [0, 0.05) is 66.2 Å². The minimum Gasteiger partial charge on any atom is -0.336 e. The first-order chi connectivity index (χ1) is 15.2. The highest BCUT2D eigenvalue weighted by molar-refractivity contribution is 7.98. The predicted octanol–water partition coefficient (Wildman–Crippen LogP) is 4.65. The number of thioether (sulfide) groups is 1. The van der Waals surface area contributed by atoms with Crippen LogP contribution in [0.5, 0.6) is 0 Å². The number of thiophene rings is 1. The molecule has 0 atom stereocenters. The molecule has 1 aliphatic heterocycles. The number of benzene rings is 1. The third kappa shape index (κ3) is 4.84. The molecular weight excluding hydrogens is 424 g/mol. The molecule has 0 unspecified atom stereocenters. The Morgan fingerprint density at radius 2 is 1.84 bits per heavy atom. The van der Waals surface area contributed by atoms with E-state index in [4.69, 9.17) is 0 Å². The quantitative estimate of drug-likeness (QED) is 0.403. The Labute approximate surface area is 190 Å². The zero-order chi connectivity index (χ0) is 21.0. The van der Waals surface area contributed by atoms with E-state index < -0.39 is 0 Å². The molecule has 0 radical (unpaired) electrons. The fourth-order valence-electron chi connectivity index (χ4n) is 3.82. The van der Waals surface area contributed by atoms with Crippen molar-refractivity contribution in [1.82, 2.24) is 19.2 Å². The van der Waals surface area contributed by atoms with Crippen molar-refractivity contribution in [3.8, 4) is 0 Å². The Morgan fingerprint density at radius 1 is 1.00 bits per heavy atom. The maximum absolute atomic E-state index is 12.9. The zero-order valence-electron chi connectivity index (χ0n) is 17.2. The van der Waals surface area contributed by atoms with Crippen LogP contribution in [0.2, 0.25) is 0 Å². The van der Waals surface area contributed by atoms with Crippen LogP contribution in [0.4, 0.5) is 0 Å². The van der Waals surface area contributed by atoms with Crippen LogP contribution < -0.4 is 0 Å². The van der Waals surface area contributed by atoms with Gasteiger partial charge >= 0.3 is 0 Å². The average Bonchev–Trinajstić information content (AvgIpc) is 3.47. The van der Waals surface area contributed by atoms with Crippen molar-refractivity contribution in [2.24, 2.45) is 0 Å². The number of hydrogen-bond acceptors (Lipinski definition) is 5. The Balaban J connectivity index is 1.14. The fraction of sp³-hybridized carbons (Fsp3) is 0.250. The van der Waals surface area contributed by atoms with Crippen LogP contribution in [0.3, 0.4) is 0 Å². The topological polar surface area (TPSA) is 40.9 Å². The molecule has 7 heteroatoms. The molecule has 0 aliphatic carbocycles. The maximum Gasteiger partial charge on any atom is 0.253 e. The van der Waals surface area contributed by atoms with Crippen LogP contribution in [-0.2, 0) is 12.3 Å². The molecule has 1 fully saturated rings. The van der Waals surface area contributed by atoms with Crippen LogP contribution in [0.25, 0.3) is 5.65 Å². The first-order valence-electron chi connectivity index (χ1n) is 10.4. The van der Waals surface area contributed by atoms with Gasteiger partial charge in [-0.15, -0.1) is 23.1 Å². The van der Waals surface area contributed by atoms with Crippen molar-refractivity contribution in [2.45, 2.75) is 17.2 Å². The smallest absolute Gasteiger partial charge is 0.253 e.